The lowest BCUT2D eigenvalue weighted by Gasteiger charge is -2.30. The maximum atomic E-state index is 12.7. The van der Waals surface area contributed by atoms with Gasteiger partial charge in [0.15, 0.2) is 11.5 Å². The summed E-state index contributed by atoms with van der Waals surface area (Å²) in [5.41, 5.74) is 0.572. The fourth-order valence-electron chi connectivity index (χ4n) is 2.73. The van der Waals surface area contributed by atoms with Crippen molar-refractivity contribution >= 4 is 34.9 Å². The third kappa shape index (κ3) is 3.33. The third-order valence-electron chi connectivity index (χ3n) is 3.81. The molecule has 3 rings (SSSR count). The van der Waals surface area contributed by atoms with E-state index in [4.69, 9.17) is 21.7 Å². The van der Waals surface area contributed by atoms with Gasteiger partial charge in [0.05, 0.1) is 5.71 Å². The summed E-state index contributed by atoms with van der Waals surface area (Å²) in [7, 11) is 0. The van der Waals surface area contributed by atoms with Crippen molar-refractivity contribution in [3.63, 3.8) is 0 Å². The number of nitrogens with one attached hydrogen (secondary N) is 1. The molecule has 128 valence electrons. The number of thiocarbonyl (C=S) groups is 1. The van der Waals surface area contributed by atoms with Crippen LogP contribution in [0.1, 0.15) is 26.7 Å². The number of ether oxygens (including phenoxy) is 2. The van der Waals surface area contributed by atoms with Crippen molar-refractivity contribution in [1.82, 2.24) is 10.2 Å². The molecule has 0 aromatic rings. The van der Waals surface area contributed by atoms with E-state index in [0.29, 0.717) is 36.6 Å². The Morgan fingerprint density at radius 2 is 2.21 bits per heavy atom. The molecule has 0 spiro atoms. The molecule has 0 aromatic carbocycles. The maximum Gasteiger partial charge on any atom is 0.241 e. The number of fused-ring (bicyclic) bond motifs is 2. The Hall–Kier alpha value is -2.22. The summed E-state index contributed by atoms with van der Waals surface area (Å²) in [4.78, 5) is 30.2. The third-order valence-corrected chi connectivity index (χ3v) is 4.12. The molecule has 2 heterocycles. The monoisotopic (exact) mass is 349 g/mol. The molecule has 0 saturated carbocycles. The first-order valence-electron chi connectivity index (χ1n) is 7.88. The van der Waals surface area contributed by atoms with Gasteiger partial charge in [-0.3, -0.25) is 14.5 Å². The minimum Gasteiger partial charge on any atom is -0.454 e. The molecular formula is C16H19N3O4S. The molecular weight excluding hydrogens is 330 g/mol. The van der Waals surface area contributed by atoms with E-state index in [2.05, 4.69) is 10.3 Å². The molecule has 3 aliphatic rings. The number of rotatable bonds is 5. The molecule has 0 bridgehead atoms. The molecule has 0 aromatic heterocycles. The molecule has 1 N–H and O–H groups in total. The highest BCUT2D eigenvalue weighted by Gasteiger charge is 2.38. The Bertz CT molecular complexity index is 681. The summed E-state index contributed by atoms with van der Waals surface area (Å²) in [6.45, 7) is 4.33. The molecule has 24 heavy (non-hydrogen) atoms. The molecule has 2 amide bonds. The Labute approximate surface area is 145 Å². The number of carbonyl (C=O) groups is 2. The number of allylic oxidation sites excluding steroid dienone is 1. The standard InChI is InChI=1S/C16H19N3O4S/c1-9(2)17-14(20)4-3-5-19-15(21)10-6-12-13(23-8-22-12)7-11(10)18-16(19)24/h6-7,9-10H,3-5,8H2,1-2H3,(H,17,20). The number of hydrogen-bond donors (Lipinski definition) is 1. The van der Waals surface area contributed by atoms with Crippen molar-refractivity contribution in [3.05, 3.63) is 23.7 Å². The first kappa shape index (κ1) is 16.6. The van der Waals surface area contributed by atoms with E-state index in [1.165, 1.54) is 4.90 Å². The largest absolute Gasteiger partial charge is 0.454 e. The fraction of sp³-hybridized carbons (Fsp3) is 0.500. The minimum atomic E-state index is -0.512. The van der Waals surface area contributed by atoms with Gasteiger partial charge in [0.25, 0.3) is 0 Å². The summed E-state index contributed by atoms with van der Waals surface area (Å²) in [5, 5.41) is 3.05. The second-order valence-corrected chi connectivity index (χ2v) is 6.42. The number of amides is 2. The van der Waals surface area contributed by atoms with Gasteiger partial charge in [0.2, 0.25) is 23.7 Å². The lowest BCUT2D eigenvalue weighted by Crippen LogP contribution is -2.46. The van der Waals surface area contributed by atoms with E-state index in [1.807, 2.05) is 13.8 Å². The van der Waals surface area contributed by atoms with Crippen LogP contribution >= 0.6 is 12.2 Å². The number of nitrogens with zero attached hydrogens (tertiary/aromatic N) is 2. The van der Waals surface area contributed by atoms with Gasteiger partial charge in [-0.1, -0.05) is 0 Å². The van der Waals surface area contributed by atoms with Crippen LogP contribution in [0.2, 0.25) is 0 Å². The minimum absolute atomic E-state index is 0.0339. The number of carbonyl (C=O) groups excluding carboxylic acids is 2. The second-order valence-electron chi connectivity index (χ2n) is 6.06. The van der Waals surface area contributed by atoms with Gasteiger partial charge in [-0.05, 0) is 38.6 Å². The zero-order valence-corrected chi connectivity index (χ0v) is 14.4. The summed E-state index contributed by atoms with van der Waals surface area (Å²) < 4.78 is 10.6. The second kappa shape index (κ2) is 6.72. The van der Waals surface area contributed by atoms with Gasteiger partial charge in [-0.15, -0.1) is 0 Å². The molecule has 7 nitrogen and oxygen atoms in total. The summed E-state index contributed by atoms with van der Waals surface area (Å²) >= 11 is 5.24. The number of aliphatic imine (C=N–C) groups is 1. The summed E-state index contributed by atoms with van der Waals surface area (Å²) in [6.07, 6.45) is 4.28. The molecule has 1 saturated heterocycles. The van der Waals surface area contributed by atoms with E-state index < -0.39 is 5.92 Å². The topological polar surface area (TPSA) is 80.2 Å². The highest BCUT2D eigenvalue weighted by Crippen LogP contribution is 2.31. The van der Waals surface area contributed by atoms with Crippen molar-refractivity contribution in [2.75, 3.05) is 13.3 Å². The zero-order valence-electron chi connectivity index (χ0n) is 13.6. The fourth-order valence-corrected chi connectivity index (χ4v) is 3.02. The molecule has 0 radical (unpaired) electrons. The van der Waals surface area contributed by atoms with Crippen LogP contribution in [0.5, 0.6) is 0 Å². The van der Waals surface area contributed by atoms with Crippen molar-refractivity contribution in [1.29, 1.82) is 0 Å². The SMILES string of the molecule is CC(C)NC(=O)CCCN1C(=O)C2C=C3OCOC3=CC2=NC1=S. The van der Waals surface area contributed by atoms with Gasteiger partial charge in [0.1, 0.15) is 5.92 Å². The Balaban J connectivity index is 1.65. The normalized spacial score (nSPS) is 22.0. The molecule has 1 fully saturated rings. The van der Waals surface area contributed by atoms with Crippen LogP contribution in [0.3, 0.4) is 0 Å². The first-order chi connectivity index (χ1) is 11.5. The van der Waals surface area contributed by atoms with Gasteiger partial charge < -0.3 is 14.8 Å². The van der Waals surface area contributed by atoms with E-state index in [9.17, 15) is 9.59 Å². The van der Waals surface area contributed by atoms with Gasteiger partial charge >= 0.3 is 0 Å². The average molecular weight is 349 g/mol. The van der Waals surface area contributed by atoms with Crippen molar-refractivity contribution in [2.45, 2.75) is 32.7 Å². The predicted molar refractivity (Wildman–Crippen MR) is 91.0 cm³/mol. The zero-order chi connectivity index (χ0) is 17.3. The van der Waals surface area contributed by atoms with Crippen LogP contribution in [-0.2, 0) is 19.1 Å². The highest BCUT2D eigenvalue weighted by atomic mass is 32.1. The van der Waals surface area contributed by atoms with Crippen LogP contribution in [-0.4, -0.2) is 46.9 Å². The van der Waals surface area contributed by atoms with Gasteiger partial charge in [-0.25, -0.2) is 4.99 Å². The maximum absolute atomic E-state index is 12.7. The molecule has 1 unspecified atom stereocenters. The van der Waals surface area contributed by atoms with Crippen molar-refractivity contribution < 1.29 is 19.1 Å². The molecule has 8 heteroatoms. The average Bonchev–Trinajstić information content (AvgIpc) is 2.95. The molecule has 1 atom stereocenters. The van der Waals surface area contributed by atoms with Gasteiger partial charge in [0, 0.05) is 25.1 Å². The van der Waals surface area contributed by atoms with E-state index in [0.717, 1.165) is 0 Å². The Morgan fingerprint density at radius 3 is 2.96 bits per heavy atom. The van der Waals surface area contributed by atoms with E-state index >= 15 is 0 Å². The van der Waals surface area contributed by atoms with Crippen LogP contribution in [0, 0.1) is 5.92 Å². The lowest BCUT2D eigenvalue weighted by molar-refractivity contribution is -0.129. The van der Waals surface area contributed by atoms with E-state index in [1.54, 1.807) is 12.2 Å². The van der Waals surface area contributed by atoms with Crippen LogP contribution in [0.4, 0.5) is 0 Å². The lowest BCUT2D eigenvalue weighted by atomic mass is 9.94. The predicted octanol–water partition coefficient (Wildman–Crippen LogP) is 1.26. The quantitative estimate of drug-likeness (QED) is 0.756. The number of hydrogen-bond acceptors (Lipinski definition) is 5. The van der Waals surface area contributed by atoms with Crippen molar-refractivity contribution in [2.24, 2.45) is 10.9 Å². The Kier molecular flexibility index (Phi) is 4.66. The molecule has 2 aliphatic heterocycles. The van der Waals surface area contributed by atoms with Crippen LogP contribution < -0.4 is 5.32 Å². The smallest absolute Gasteiger partial charge is 0.241 e. The Morgan fingerprint density at radius 1 is 1.46 bits per heavy atom. The van der Waals surface area contributed by atoms with Crippen molar-refractivity contribution in [3.8, 4) is 0 Å². The first-order valence-corrected chi connectivity index (χ1v) is 8.29. The van der Waals surface area contributed by atoms with Crippen LogP contribution in [0.15, 0.2) is 28.7 Å². The van der Waals surface area contributed by atoms with E-state index in [-0.39, 0.29) is 29.8 Å². The summed E-state index contributed by atoms with van der Waals surface area (Å²) in [5.74, 6) is 0.457. The van der Waals surface area contributed by atoms with Crippen LogP contribution in [0.25, 0.3) is 0 Å². The highest BCUT2D eigenvalue weighted by molar-refractivity contribution is 7.80. The molecule has 1 aliphatic carbocycles. The summed E-state index contributed by atoms with van der Waals surface area (Å²) in [6, 6.07) is 0.103. The van der Waals surface area contributed by atoms with Gasteiger partial charge in [-0.2, -0.15) is 0 Å².